The van der Waals surface area contributed by atoms with Gasteiger partial charge in [0.05, 0.1) is 44.0 Å². The number of piperazine rings is 1. The van der Waals surface area contributed by atoms with E-state index in [4.69, 9.17) is 17.0 Å². The molecule has 3 N–H and O–H groups in total. The van der Waals surface area contributed by atoms with Gasteiger partial charge in [0.25, 0.3) is 0 Å². The minimum Gasteiger partial charge on any atom is -0.370 e. The second kappa shape index (κ2) is 5.41. The molecule has 2 aliphatic heterocycles. The van der Waals surface area contributed by atoms with Gasteiger partial charge >= 0.3 is 0 Å². The number of pyridine rings is 1. The number of nitrogens with two attached hydrogens (primary N) is 1. The highest BCUT2D eigenvalue weighted by Crippen LogP contribution is 2.35. The molecule has 1 aromatic heterocycles. The van der Waals surface area contributed by atoms with Crippen molar-refractivity contribution in [1.29, 1.82) is 5.26 Å². The Morgan fingerprint density at radius 2 is 2.05 bits per heavy atom. The Morgan fingerprint density at radius 3 is 2.71 bits per heavy atom. The van der Waals surface area contributed by atoms with Crippen molar-refractivity contribution < 1.29 is 10.1 Å². The van der Waals surface area contributed by atoms with Gasteiger partial charge in [0.1, 0.15) is 16.5 Å². The van der Waals surface area contributed by atoms with E-state index in [1.165, 1.54) is 0 Å². The molecule has 0 aliphatic carbocycles. The standard InChI is InChI=1S/C15H20N4OS/c1-15(2)7-10-11(8-16)14(21)18-13(12(10)9-20-15)19-5-3-17-4-6-19/h17H,3-7,9H2,1-2H3,(H,18,21)/p+1. The Bertz CT molecular complexity index is 653. The van der Waals surface area contributed by atoms with Crippen LogP contribution in [0.2, 0.25) is 0 Å². The van der Waals surface area contributed by atoms with Crippen molar-refractivity contribution in [2.75, 3.05) is 31.1 Å². The number of hydrogen-bond donors (Lipinski definition) is 2. The smallest absolute Gasteiger partial charge is 0.123 e. The minimum atomic E-state index is -0.241. The van der Waals surface area contributed by atoms with Gasteiger partial charge in [0, 0.05) is 12.0 Å². The summed E-state index contributed by atoms with van der Waals surface area (Å²) < 4.78 is 6.52. The Kier molecular flexibility index (Phi) is 3.74. The average Bonchev–Trinajstić information content (AvgIpc) is 2.46. The molecule has 21 heavy (non-hydrogen) atoms. The van der Waals surface area contributed by atoms with Crippen molar-refractivity contribution >= 4 is 18.0 Å². The molecule has 6 heteroatoms. The zero-order valence-corrected chi connectivity index (χ0v) is 13.3. The van der Waals surface area contributed by atoms with E-state index in [1.807, 2.05) is 0 Å². The molecular weight excluding hydrogens is 284 g/mol. The van der Waals surface area contributed by atoms with Gasteiger partial charge in [-0.2, -0.15) is 5.26 Å². The third kappa shape index (κ3) is 2.69. The van der Waals surface area contributed by atoms with Gasteiger partial charge in [0.15, 0.2) is 0 Å². The van der Waals surface area contributed by atoms with Crippen LogP contribution in [-0.4, -0.2) is 36.8 Å². The molecule has 0 unspecified atom stereocenters. The van der Waals surface area contributed by atoms with E-state index in [2.05, 4.69) is 35.1 Å². The molecule has 0 aromatic carbocycles. The largest absolute Gasteiger partial charge is 0.370 e. The van der Waals surface area contributed by atoms with Crippen LogP contribution in [0.3, 0.4) is 0 Å². The lowest BCUT2D eigenvalue weighted by atomic mass is 9.89. The second-order valence-corrected chi connectivity index (χ2v) is 6.73. The van der Waals surface area contributed by atoms with Crippen molar-refractivity contribution in [3.63, 3.8) is 0 Å². The number of hydrogen-bond acceptors (Lipinski definition) is 4. The van der Waals surface area contributed by atoms with Crippen LogP contribution >= 0.6 is 12.2 Å². The Hall–Kier alpha value is -1.42. The second-order valence-electron chi connectivity index (χ2n) is 6.32. The van der Waals surface area contributed by atoms with E-state index >= 15 is 0 Å². The first kappa shape index (κ1) is 14.5. The molecule has 3 rings (SSSR count). The zero-order valence-electron chi connectivity index (χ0n) is 12.5. The molecule has 3 heterocycles. The topological polar surface area (TPSA) is 68.7 Å². The summed E-state index contributed by atoms with van der Waals surface area (Å²) in [7, 11) is 0. The zero-order chi connectivity index (χ0) is 15.0. The van der Waals surface area contributed by atoms with Gasteiger partial charge in [-0.15, -0.1) is 0 Å². The van der Waals surface area contributed by atoms with Gasteiger partial charge in [-0.05, 0) is 19.4 Å². The lowest BCUT2D eigenvalue weighted by Crippen LogP contribution is -2.89. The van der Waals surface area contributed by atoms with Gasteiger partial charge in [-0.1, -0.05) is 12.2 Å². The van der Waals surface area contributed by atoms with Crippen LogP contribution < -0.4 is 10.2 Å². The monoisotopic (exact) mass is 305 g/mol. The number of nitrogens with zero attached hydrogens (tertiary/aromatic N) is 2. The molecule has 0 atom stereocenters. The van der Waals surface area contributed by atoms with E-state index in [-0.39, 0.29) is 5.60 Å². The van der Waals surface area contributed by atoms with Crippen LogP contribution in [0, 0.1) is 16.0 Å². The highest BCUT2D eigenvalue weighted by Gasteiger charge is 2.32. The summed E-state index contributed by atoms with van der Waals surface area (Å²) >= 11 is 5.42. The molecule has 1 saturated heterocycles. The molecule has 5 nitrogen and oxygen atoms in total. The molecule has 1 aromatic rings. The van der Waals surface area contributed by atoms with Gasteiger partial charge in [-0.3, -0.25) is 0 Å². The van der Waals surface area contributed by atoms with E-state index in [1.54, 1.807) is 0 Å². The molecule has 0 radical (unpaired) electrons. The molecule has 0 spiro atoms. The fraction of sp³-hybridized carbons (Fsp3) is 0.600. The number of nitrogens with one attached hydrogen (secondary N) is 1. The first-order chi connectivity index (χ1) is 10.0. The maximum atomic E-state index is 9.45. The molecule has 0 amide bonds. The van der Waals surface area contributed by atoms with Crippen molar-refractivity contribution in [1.82, 2.24) is 4.98 Å². The van der Waals surface area contributed by atoms with Gasteiger partial charge < -0.3 is 19.9 Å². The summed E-state index contributed by atoms with van der Waals surface area (Å²) in [5.41, 5.74) is 2.56. The fourth-order valence-electron chi connectivity index (χ4n) is 3.13. The lowest BCUT2D eigenvalue weighted by molar-refractivity contribution is -0.655. The quantitative estimate of drug-likeness (QED) is 0.755. The van der Waals surface area contributed by atoms with Gasteiger partial charge in [-0.25, -0.2) is 0 Å². The van der Waals surface area contributed by atoms with Crippen molar-refractivity contribution in [2.24, 2.45) is 0 Å². The molecule has 0 saturated carbocycles. The molecule has 1 fully saturated rings. The first-order valence-electron chi connectivity index (χ1n) is 7.40. The number of quaternary nitrogens is 1. The van der Waals surface area contributed by atoms with Gasteiger partial charge in [0.2, 0.25) is 0 Å². The number of ether oxygens (including phenoxy) is 1. The van der Waals surface area contributed by atoms with Crippen molar-refractivity contribution in [2.45, 2.75) is 32.5 Å². The Morgan fingerprint density at radius 1 is 1.33 bits per heavy atom. The fourth-order valence-corrected chi connectivity index (χ4v) is 3.40. The number of aromatic nitrogens is 1. The van der Waals surface area contributed by atoms with Crippen molar-refractivity contribution in [3.8, 4) is 6.07 Å². The predicted molar refractivity (Wildman–Crippen MR) is 82.8 cm³/mol. The van der Waals surface area contributed by atoms with E-state index in [0.717, 1.165) is 49.5 Å². The minimum absolute atomic E-state index is 0.241. The summed E-state index contributed by atoms with van der Waals surface area (Å²) in [5.74, 6) is 1.05. The number of anilines is 1. The third-order valence-electron chi connectivity index (χ3n) is 4.25. The molecular formula is C15H21N4OS+. The number of H-pyrrole nitrogens is 1. The van der Waals surface area contributed by atoms with E-state index in [9.17, 15) is 5.26 Å². The highest BCUT2D eigenvalue weighted by molar-refractivity contribution is 7.71. The molecule has 0 bridgehead atoms. The number of fused-ring (bicyclic) bond motifs is 1. The van der Waals surface area contributed by atoms with Crippen LogP contribution in [0.1, 0.15) is 30.5 Å². The van der Waals surface area contributed by atoms with Crippen LogP contribution in [0.15, 0.2) is 0 Å². The highest BCUT2D eigenvalue weighted by atomic mass is 32.1. The molecule has 112 valence electrons. The summed E-state index contributed by atoms with van der Waals surface area (Å²) in [4.78, 5) is 5.61. The van der Waals surface area contributed by atoms with E-state index in [0.29, 0.717) is 16.8 Å². The average molecular weight is 305 g/mol. The third-order valence-corrected chi connectivity index (χ3v) is 4.56. The number of nitriles is 1. The van der Waals surface area contributed by atoms with Crippen molar-refractivity contribution in [3.05, 3.63) is 21.3 Å². The predicted octanol–water partition coefficient (Wildman–Crippen LogP) is 0.851. The summed E-state index contributed by atoms with van der Waals surface area (Å²) in [6.45, 7) is 8.82. The maximum Gasteiger partial charge on any atom is 0.123 e. The number of rotatable bonds is 1. The van der Waals surface area contributed by atoms with E-state index < -0.39 is 0 Å². The van der Waals surface area contributed by atoms with Crippen LogP contribution in [0.4, 0.5) is 5.82 Å². The van der Waals surface area contributed by atoms with Crippen LogP contribution in [0.25, 0.3) is 0 Å². The van der Waals surface area contributed by atoms with Crippen LogP contribution in [-0.2, 0) is 17.8 Å². The van der Waals surface area contributed by atoms with Crippen LogP contribution in [0.5, 0.6) is 0 Å². The summed E-state index contributed by atoms with van der Waals surface area (Å²) in [6.07, 6.45) is 0.733. The first-order valence-corrected chi connectivity index (χ1v) is 7.81. The normalized spacial score (nSPS) is 20.7. The SMILES string of the molecule is CC1(C)Cc2c(c(N3CC[NH2+]CC3)[nH]c(=S)c2C#N)CO1. The maximum absolute atomic E-state index is 9.45. The Balaban J connectivity index is 2.13. The molecule has 2 aliphatic rings. The summed E-state index contributed by atoms with van der Waals surface area (Å²) in [5, 5.41) is 11.8. The lowest BCUT2D eigenvalue weighted by Gasteiger charge is -2.36. The Labute approximate surface area is 129 Å². The number of aromatic amines is 1. The summed E-state index contributed by atoms with van der Waals surface area (Å²) in [6, 6.07) is 2.28.